The molecule has 2 aliphatic rings. The van der Waals surface area contributed by atoms with E-state index in [1.165, 1.54) is 0 Å². The maximum Gasteiger partial charge on any atom is 0.163 e. The van der Waals surface area contributed by atoms with Crippen molar-refractivity contribution in [3.8, 4) is 0 Å². The lowest BCUT2D eigenvalue weighted by Crippen LogP contribution is -2.38. The van der Waals surface area contributed by atoms with Crippen LogP contribution in [0.25, 0.3) is 0 Å². The van der Waals surface area contributed by atoms with Gasteiger partial charge in [0.1, 0.15) is 11.9 Å². The van der Waals surface area contributed by atoms with Crippen molar-refractivity contribution < 1.29 is 14.3 Å². The number of likely N-dealkylation sites (N-methyl/N-ethyl adjacent to an activating group) is 1. The van der Waals surface area contributed by atoms with E-state index in [0.717, 1.165) is 5.76 Å². The van der Waals surface area contributed by atoms with Gasteiger partial charge in [0.25, 0.3) is 0 Å². The van der Waals surface area contributed by atoms with E-state index < -0.39 is 5.79 Å². The highest BCUT2D eigenvalue weighted by Gasteiger charge is 2.42. The van der Waals surface area contributed by atoms with Crippen LogP contribution in [-0.4, -0.2) is 36.7 Å². The van der Waals surface area contributed by atoms with Gasteiger partial charge in [-0.1, -0.05) is 20.8 Å². The molecule has 0 unspecified atom stereocenters. The first-order valence-electron chi connectivity index (χ1n) is 6.14. The quantitative estimate of drug-likeness (QED) is 0.705. The minimum Gasteiger partial charge on any atom is -0.410 e. The summed E-state index contributed by atoms with van der Waals surface area (Å²) in [6, 6.07) is 0.131. The van der Waals surface area contributed by atoms with Crippen LogP contribution in [0.5, 0.6) is 0 Å². The van der Waals surface area contributed by atoms with E-state index in [4.69, 9.17) is 14.3 Å². The summed E-state index contributed by atoms with van der Waals surface area (Å²) in [5.74, 6) is 0.516. The number of rotatable bonds is 1. The van der Waals surface area contributed by atoms with Crippen LogP contribution in [-0.2, 0) is 14.3 Å². The molecule has 0 bridgehead atoms. The van der Waals surface area contributed by atoms with Crippen molar-refractivity contribution >= 4 is 0 Å². The van der Waals surface area contributed by atoms with Crippen molar-refractivity contribution in [1.82, 2.24) is 5.06 Å². The number of hydrogen-bond acceptors (Lipinski definition) is 4. The van der Waals surface area contributed by atoms with Gasteiger partial charge in [-0.3, -0.25) is 0 Å². The first-order chi connectivity index (χ1) is 7.69. The van der Waals surface area contributed by atoms with Crippen LogP contribution < -0.4 is 0 Å². The largest absolute Gasteiger partial charge is 0.410 e. The van der Waals surface area contributed by atoms with Gasteiger partial charge in [-0.15, -0.1) is 5.06 Å². The third-order valence-electron chi connectivity index (χ3n) is 3.13. The molecule has 1 fully saturated rings. The van der Waals surface area contributed by atoms with Crippen molar-refractivity contribution in [2.45, 2.75) is 52.6 Å². The van der Waals surface area contributed by atoms with Gasteiger partial charge in [-0.05, 0) is 19.9 Å². The Morgan fingerprint density at radius 1 is 1.35 bits per heavy atom. The zero-order chi connectivity index (χ0) is 12.8. The molecule has 0 aromatic rings. The topological polar surface area (TPSA) is 30.9 Å². The van der Waals surface area contributed by atoms with Crippen LogP contribution in [0.3, 0.4) is 0 Å². The summed E-state index contributed by atoms with van der Waals surface area (Å²) in [6.45, 7) is 10.9. The Bertz CT molecular complexity index is 330. The molecule has 0 aliphatic carbocycles. The fourth-order valence-electron chi connectivity index (χ4n) is 2.12. The third-order valence-corrected chi connectivity index (χ3v) is 3.13. The van der Waals surface area contributed by atoms with Gasteiger partial charge in [-0.25, -0.2) is 0 Å². The normalized spacial score (nSPS) is 33.6. The van der Waals surface area contributed by atoms with E-state index in [1.54, 1.807) is 0 Å². The van der Waals surface area contributed by atoms with E-state index >= 15 is 0 Å². The van der Waals surface area contributed by atoms with Gasteiger partial charge in [0, 0.05) is 12.5 Å². The number of allylic oxidation sites excluding steroid dienone is 1. The van der Waals surface area contributed by atoms with Crippen molar-refractivity contribution in [1.29, 1.82) is 0 Å². The minimum absolute atomic E-state index is 0.0258. The molecule has 0 spiro atoms. The predicted octanol–water partition coefficient (Wildman–Crippen LogP) is 2.31. The molecule has 4 heteroatoms. The van der Waals surface area contributed by atoms with E-state index in [-0.39, 0.29) is 17.6 Å². The number of ether oxygens (including phenoxy) is 2. The van der Waals surface area contributed by atoms with Crippen molar-refractivity contribution in [2.75, 3.05) is 13.7 Å². The monoisotopic (exact) mass is 241 g/mol. The summed E-state index contributed by atoms with van der Waals surface area (Å²) in [4.78, 5) is 5.78. The Balaban J connectivity index is 2.10. The van der Waals surface area contributed by atoms with Crippen LogP contribution in [0.4, 0.5) is 0 Å². The summed E-state index contributed by atoms with van der Waals surface area (Å²) < 4.78 is 11.5. The summed E-state index contributed by atoms with van der Waals surface area (Å²) in [6.07, 6.45) is 2.19. The minimum atomic E-state index is -0.482. The lowest BCUT2D eigenvalue weighted by molar-refractivity contribution is -0.167. The molecule has 1 saturated heterocycles. The molecule has 0 aromatic heterocycles. The smallest absolute Gasteiger partial charge is 0.163 e. The molecule has 0 amide bonds. The molecule has 2 atom stereocenters. The van der Waals surface area contributed by atoms with E-state index in [9.17, 15) is 0 Å². The van der Waals surface area contributed by atoms with Crippen LogP contribution in [0.15, 0.2) is 11.8 Å². The Morgan fingerprint density at radius 2 is 2.00 bits per heavy atom. The molecule has 0 saturated carbocycles. The highest BCUT2D eigenvalue weighted by Crippen LogP contribution is 2.36. The average Bonchev–Trinajstić information content (AvgIpc) is 2.68. The van der Waals surface area contributed by atoms with Crippen LogP contribution in [0.2, 0.25) is 0 Å². The zero-order valence-corrected chi connectivity index (χ0v) is 11.6. The molecule has 2 heterocycles. The Hall–Kier alpha value is -0.580. The lowest BCUT2D eigenvalue weighted by atomic mass is 9.92. The molecular formula is C13H23NO3. The second kappa shape index (κ2) is 3.97. The highest BCUT2D eigenvalue weighted by molar-refractivity contribution is 5.13. The van der Waals surface area contributed by atoms with Crippen molar-refractivity contribution in [2.24, 2.45) is 5.41 Å². The van der Waals surface area contributed by atoms with Gasteiger partial charge >= 0.3 is 0 Å². The van der Waals surface area contributed by atoms with Crippen molar-refractivity contribution in [3.05, 3.63) is 11.8 Å². The summed E-state index contributed by atoms with van der Waals surface area (Å²) in [5.41, 5.74) is 0.0258. The molecule has 4 nitrogen and oxygen atoms in total. The second-order valence-electron chi connectivity index (χ2n) is 6.28. The molecule has 0 aromatic carbocycles. The summed E-state index contributed by atoms with van der Waals surface area (Å²) in [5, 5.41) is 1.86. The second-order valence-corrected chi connectivity index (χ2v) is 6.28. The fourth-order valence-corrected chi connectivity index (χ4v) is 2.12. The van der Waals surface area contributed by atoms with Gasteiger partial charge in [0.2, 0.25) is 0 Å². The van der Waals surface area contributed by atoms with Crippen LogP contribution in [0.1, 0.15) is 34.6 Å². The van der Waals surface area contributed by atoms with Gasteiger partial charge in [-0.2, -0.15) is 0 Å². The zero-order valence-electron chi connectivity index (χ0n) is 11.6. The fraction of sp³-hybridized carbons (Fsp3) is 0.846. The SMILES string of the molecule is CN1OC(C(C)(C)C)=C[C@@H]1[C@H]1COC(C)(C)O1. The maximum atomic E-state index is 5.88. The summed E-state index contributed by atoms with van der Waals surface area (Å²) in [7, 11) is 1.94. The van der Waals surface area contributed by atoms with Crippen LogP contribution in [0, 0.1) is 5.41 Å². The first kappa shape index (κ1) is 12.9. The Kier molecular flexibility index (Phi) is 3.00. The number of nitrogens with zero attached hydrogens (tertiary/aromatic N) is 1. The molecule has 98 valence electrons. The molecule has 0 N–H and O–H groups in total. The van der Waals surface area contributed by atoms with Crippen molar-refractivity contribution in [3.63, 3.8) is 0 Å². The average molecular weight is 241 g/mol. The Labute approximate surface area is 103 Å². The van der Waals surface area contributed by atoms with E-state index in [2.05, 4.69) is 26.8 Å². The van der Waals surface area contributed by atoms with Gasteiger partial charge < -0.3 is 14.3 Å². The number of hydroxylamine groups is 2. The Morgan fingerprint density at radius 3 is 2.41 bits per heavy atom. The van der Waals surface area contributed by atoms with Gasteiger partial charge in [0.05, 0.1) is 12.6 Å². The van der Waals surface area contributed by atoms with Gasteiger partial charge in [0.15, 0.2) is 5.79 Å². The summed E-state index contributed by atoms with van der Waals surface area (Å²) >= 11 is 0. The van der Waals surface area contributed by atoms with E-state index in [1.807, 2.05) is 26.0 Å². The molecular weight excluding hydrogens is 218 g/mol. The first-order valence-corrected chi connectivity index (χ1v) is 6.14. The predicted molar refractivity (Wildman–Crippen MR) is 65.1 cm³/mol. The van der Waals surface area contributed by atoms with Crippen LogP contribution >= 0.6 is 0 Å². The standard InChI is InChI=1S/C13H23NO3/c1-12(2,3)11-7-9(14(6)17-11)10-8-15-13(4,5)16-10/h7,9-10H,8H2,1-6H3/t9-,10-/m1/s1. The lowest BCUT2D eigenvalue weighted by Gasteiger charge is -2.25. The molecule has 2 rings (SSSR count). The maximum absolute atomic E-state index is 5.88. The van der Waals surface area contributed by atoms with E-state index in [0.29, 0.717) is 6.61 Å². The molecule has 0 radical (unpaired) electrons. The number of hydrogen-bond donors (Lipinski definition) is 0. The third kappa shape index (κ3) is 2.64. The highest BCUT2D eigenvalue weighted by atomic mass is 16.7. The molecule has 2 aliphatic heterocycles. The molecule has 17 heavy (non-hydrogen) atoms.